The van der Waals surface area contributed by atoms with E-state index in [0.29, 0.717) is 11.4 Å². The van der Waals surface area contributed by atoms with E-state index in [1.807, 2.05) is 33.8 Å². The van der Waals surface area contributed by atoms with Gasteiger partial charge in [-0.05, 0) is 63.6 Å². The van der Waals surface area contributed by atoms with Crippen LogP contribution in [0.3, 0.4) is 0 Å². The molecule has 0 radical (unpaired) electrons. The molecule has 2 heterocycles. The van der Waals surface area contributed by atoms with E-state index in [-0.39, 0.29) is 35.8 Å². The number of morpholine rings is 1. The lowest BCUT2D eigenvalue weighted by Gasteiger charge is -2.38. The van der Waals surface area contributed by atoms with Crippen molar-refractivity contribution in [3.8, 4) is 0 Å². The highest BCUT2D eigenvalue weighted by Crippen LogP contribution is 2.21. The van der Waals surface area contributed by atoms with Crippen LogP contribution in [0.2, 0.25) is 0 Å². The molecule has 1 aromatic carbocycles. The quantitative estimate of drug-likeness (QED) is 0.825. The van der Waals surface area contributed by atoms with Crippen molar-refractivity contribution in [2.24, 2.45) is 0 Å². The van der Waals surface area contributed by atoms with Gasteiger partial charge in [0.1, 0.15) is 0 Å². The predicted octanol–water partition coefficient (Wildman–Crippen LogP) is 3.28. The van der Waals surface area contributed by atoms with Crippen LogP contribution in [0.5, 0.6) is 0 Å². The summed E-state index contributed by atoms with van der Waals surface area (Å²) in [6.07, 6.45) is 1.67. The lowest BCUT2D eigenvalue weighted by Crippen LogP contribution is -2.52. The molecule has 7 nitrogen and oxygen atoms in total. The summed E-state index contributed by atoms with van der Waals surface area (Å²) in [5.74, 6) is -0.123. The average Bonchev–Trinajstić information content (AvgIpc) is 3.17. The Balaban J connectivity index is 1.62. The SMILES string of the molecule is Cc1cc(NC(=O)C(C)N2C[C@@H](C)O[C@@H](C)C2)ccc1NC(=O)c1ccco1. The number of aryl methyl sites for hydroxylation is 1. The average molecular weight is 385 g/mol. The Morgan fingerprint density at radius 1 is 1.14 bits per heavy atom. The second-order valence-electron chi connectivity index (χ2n) is 7.34. The first-order valence-electron chi connectivity index (χ1n) is 9.49. The van der Waals surface area contributed by atoms with E-state index in [2.05, 4.69) is 15.5 Å². The molecule has 3 rings (SSSR count). The van der Waals surface area contributed by atoms with Gasteiger partial charge < -0.3 is 19.8 Å². The van der Waals surface area contributed by atoms with Crippen LogP contribution < -0.4 is 10.6 Å². The lowest BCUT2D eigenvalue weighted by molar-refractivity contribution is -0.126. The first-order chi connectivity index (χ1) is 13.3. The Kier molecular flexibility index (Phi) is 6.16. The molecule has 0 bridgehead atoms. The van der Waals surface area contributed by atoms with Crippen LogP contribution in [0.25, 0.3) is 0 Å². The van der Waals surface area contributed by atoms with E-state index in [1.165, 1.54) is 6.26 Å². The zero-order valence-corrected chi connectivity index (χ0v) is 16.7. The van der Waals surface area contributed by atoms with Gasteiger partial charge in [-0.25, -0.2) is 0 Å². The minimum absolute atomic E-state index is 0.0620. The number of ether oxygens (including phenoxy) is 1. The zero-order chi connectivity index (χ0) is 20.3. The molecule has 2 N–H and O–H groups in total. The van der Waals surface area contributed by atoms with E-state index >= 15 is 0 Å². The number of carbonyl (C=O) groups is 2. The van der Waals surface area contributed by atoms with Crippen molar-refractivity contribution >= 4 is 23.2 Å². The Labute approximate surface area is 165 Å². The first kappa shape index (κ1) is 20.1. The summed E-state index contributed by atoms with van der Waals surface area (Å²) in [5.41, 5.74) is 2.21. The van der Waals surface area contributed by atoms with E-state index in [9.17, 15) is 9.59 Å². The maximum atomic E-state index is 12.7. The number of amides is 2. The number of benzene rings is 1. The number of nitrogens with one attached hydrogen (secondary N) is 2. The topological polar surface area (TPSA) is 83.8 Å². The summed E-state index contributed by atoms with van der Waals surface area (Å²) in [7, 11) is 0. The van der Waals surface area contributed by atoms with Gasteiger partial charge in [-0.2, -0.15) is 0 Å². The summed E-state index contributed by atoms with van der Waals surface area (Å²) in [4.78, 5) is 26.9. The number of rotatable bonds is 5. The van der Waals surface area contributed by atoms with Crippen molar-refractivity contribution < 1.29 is 18.7 Å². The van der Waals surface area contributed by atoms with Crippen LogP contribution in [-0.4, -0.2) is 48.1 Å². The van der Waals surface area contributed by atoms with Crippen molar-refractivity contribution in [3.63, 3.8) is 0 Å². The third-order valence-electron chi connectivity index (χ3n) is 4.86. The molecule has 1 fully saturated rings. The Morgan fingerprint density at radius 2 is 1.86 bits per heavy atom. The highest BCUT2D eigenvalue weighted by Gasteiger charge is 2.29. The van der Waals surface area contributed by atoms with Crippen LogP contribution in [0.1, 0.15) is 36.9 Å². The highest BCUT2D eigenvalue weighted by molar-refractivity contribution is 6.03. The van der Waals surface area contributed by atoms with Crippen molar-refractivity contribution in [1.29, 1.82) is 0 Å². The summed E-state index contributed by atoms with van der Waals surface area (Å²) in [6.45, 7) is 9.29. The Bertz CT molecular complexity index is 824. The fraction of sp³-hybridized carbons (Fsp3) is 0.429. The second-order valence-corrected chi connectivity index (χ2v) is 7.34. The number of furan rings is 1. The molecule has 3 atom stereocenters. The molecule has 2 aromatic rings. The van der Waals surface area contributed by atoms with Crippen LogP contribution in [0.4, 0.5) is 11.4 Å². The van der Waals surface area contributed by atoms with Crippen molar-refractivity contribution in [1.82, 2.24) is 4.90 Å². The van der Waals surface area contributed by atoms with Gasteiger partial charge in [-0.1, -0.05) is 0 Å². The van der Waals surface area contributed by atoms with Crippen molar-refractivity contribution in [3.05, 3.63) is 47.9 Å². The fourth-order valence-corrected chi connectivity index (χ4v) is 3.42. The third kappa shape index (κ3) is 4.79. The summed E-state index contributed by atoms with van der Waals surface area (Å²) in [5, 5.41) is 5.77. The van der Waals surface area contributed by atoms with Gasteiger partial charge in [0.2, 0.25) is 5.91 Å². The summed E-state index contributed by atoms with van der Waals surface area (Å²) < 4.78 is 10.8. The van der Waals surface area contributed by atoms with Gasteiger partial charge in [0.15, 0.2) is 5.76 Å². The molecule has 1 unspecified atom stereocenters. The van der Waals surface area contributed by atoms with Crippen LogP contribution in [-0.2, 0) is 9.53 Å². The van der Waals surface area contributed by atoms with Gasteiger partial charge >= 0.3 is 0 Å². The molecule has 7 heteroatoms. The van der Waals surface area contributed by atoms with Gasteiger partial charge in [0.05, 0.1) is 24.5 Å². The molecule has 1 aliphatic rings. The minimum atomic E-state index is -0.311. The summed E-state index contributed by atoms with van der Waals surface area (Å²) in [6, 6.07) is 8.40. The molecule has 1 aliphatic heterocycles. The molecule has 0 aliphatic carbocycles. The third-order valence-corrected chi connectivity index (χ3v) is 4.86. The molecule has 28 heavy (non-hydrogen) atoms. The van der Waals surface area contributed by atoms with Crippen LogP contribution in [0, 0.1) is 6.92 Å². The molecule has 150 valence electrons. The first-order valence-corrected chi connectivity index (χ1v) is 9.49. The smallest absolute Gasteiger partial charge is 0.291 e. The zero-order valence-electron chi connectivity index (χ0n) is 16.7. The standard InChI is InChI=1S/C21H27N3O4/c1-13-10-17(7-8-18(13)23-21(26)19-6-5-9-27-19)22-20(25)16(4)24-11-14(2)28-15(3)12-24/h5-10,14-16H,11-12H2,1-4H3,(H,22,25)(H,23,26)/t14-,15+,16?. The number of hydrogen-bond acceptors (Lipinski definition) is 5. The van der Waals surface area contributed by atoms with Crippen LogP contribution in [0.15, 0.2) is 41.0 Å². The highest BCUT2D eigenvalue weighted by atomic mass is 16.5. The number of nitrogens with zero attached hydrogens (tertiary/aromatic N) is 1. The fourth-order valence-electron chi connectivity index (χ4n) is 3.42. The summed E-state index contributed by atoms with van der Waals surface area (Å²) >= 11 is 0. The maximum Gasteiger partial charge on any atom is 0.291 e. The lowest BCUT2D eigenvalue weighted by atomic mass is 10.1. The molecule has 0 spiro atoms. The number of carbonyl (C=O) groups excluding carboxylic acids is 2. The number of anilines is 2. The largest absolute Gasteiger partial charge is 0.459 e. The Morgan fingerprint density at radius 3 is 2.46 bits per heavy atom. The second kappa shape index (κ2) is 8.58. The van der Waals surface area contributed by atoms with Gasteiger partial charge in [0.25, 0.3) is 5.91 Å². The molecular formula is C21H27N3O4. The molecule has 0 saturated carbocycles. The van der Waals surface area contributed by atoms with Crippen molar-refractivity contribution in [2.45, 2.75) is 45.9 Å². The van der Waals surface area contributed by atoms with Gasteiger partial charge in [-0.15, -0.1) is 0 Å². The molecular weight excluding hydrogens is 358 g/mol. The minimum Gasteiger partial charge on any atom is -0.459 e. The monoisotopic (exact) mass is 385 g/mol. The van der Waals surface area contributed by atoms with E-state index in [0.717, 1.165) is 18.7 Å². The number of hydrogen-bond donors (Lipinski definition) is 2. The van der Waals surface area contributed by atoms with E-state index in [1.54, 1.807) is 24.3 Å². The van der Waals surface area contributed by atoms with Crippen LogP contribution >= 0.6 is 0 Å². The predicted molar refractivity (Wildman–Crippen MR) is 108 cm³/mol. The molecule has 1 saturated heterocycles. The molecule has 1 aromatic heterocycles. The van der Waals surface area contributed by atoms with Gasteiger partial charge in [-0.3, -0.25) is 14.5 Å². The van der Waals surface area contributed by atoms with E-state index < -0.39 is 0 Å². The van der Waals surface area contributed by atoms with Crippen molar-refractivity contribution in [2.75, 3.05) is 23.7 Å². The van der Waals surface area contributed by atoms with E-state index in [4.69, 9.17) is 9.15 Å². The molecule has 2 amide bonds. The van der Waals surface area contributed by atoms with Gasteiger partial charge in [0, 0.05) is 24.5 Å². The Hall–Kier alpha value is -2.64. The maximum absolute atomic E-state index is 12.7. The normalized spacial score (nSPS) is 21.1.